The Labute approximate surface area is 194 Å². The molecule has 9 heteroatoms. The Morgan fingerprint density at radius 3 is 2.59 bits per heavy atom. The highest BCUT2D eigenvalue weighted by atomic mass is 19.1. The zero-order valence-corrected chi connectivity index (χ0v) is 19.0. The van der Waals surface area contributed by atoms with Gasteiger partial charge in [-0.25, -0.2) is 9.18 Å². The zero-order chi connectivity index (χ0) is 24.4. The van der Waals surface area contributed by atoms with Crippen molar-refractivity contribution in [1.82, 2.24) is 19.4 Å². The molecule has 0 aliphatic carbocycles. The number of nitrogens with one attached hydrogen (secondary N) is 1. The van der Waals surface area contributed by atoms with Crippen LogP contribution in [0.3, 0.4) is 0 Å². The maximum absolute atomic E-state index is 14.6. The standard InChI is InChI=1S/C25H25FN4O4/c1-16(2)9-10-28-11-12-29(15-22(28)31)24(33)19-13-17(7-8-20(19)26)14-30-21-6-4-3-5-18(21)23(32)27-25(30)34/h3-9,13H,10-12,14-15H2,1-2H3,(H,27,32,34). The second-order valence-corrected chi connectivity index (χ2v) is 8.52. The molecule has 34 heavy (non-hydrogen) atoms. The summed E-state index contributed by atoms with van der Waals surface area (Å²) in [6, 6.07) is 10.7. The fourth-order valence-corrected chi connectivity index (χ4v) is 3.95. The second kappa shape index (κ2) is 9.46. The van der Waals surface area contributed by atoms with Crippen LogP contribution in [0.15, 0.2) is 63.7 Å². The topological polar surface area (TPSA) is 95.5 Å². The predicted octanol–water partition coefficient (Wildman–Crippen LogP) is 2.13. The molecule has 0 radical (unpaired) electrons. The van der Waals surface area contributed by atoms with E-state index in [4.69, 9.17) is 0 Å². The van der Waals surface area contributed by atoms with Crippen LogP contribution in [0.2, 0.25) is 0 Å². The average Bonchev–Trinajstić information content (AvgIpc) is 2.81. The lowest BCUT2D eigenvalue weighted by Gasteiger charge is -2.34. The minimum Gasteiger partial charge on any atom is -0.336 e. The number of halogens is 1. The van der Waals surface area contributed by atoms with Crippen molar-refractivity contribution in [3.05, 3.63) is 91.9 Å². The molecule has 0 atom stereocenters. The third kappa shape index (κ3) is 4.68. The number of para-hydroxylation sites is 1. The molecule has 1 aliphatic rings. The Kier molecular flexibility index (Phi) is 6.45. The Hall–Kier alpha value is -4.01. The first-order valence-corrected chi connectivity index (χ1v) is 11.0. The van der Waals surface area contributed by atoms with E-state index in [2.05, 4.69) is 4.98 Å². The first-order valence-electron chi connectivity index (χ1n) is 11.0. The van der Waals surface area contributed by atoms with Crippen molar-refractivity contribution in [1.29, 1.82) is 0 Å². The second-order valence-electron chi connectivity index (χ2n) is 8.52. The number of aromatic nitrogens is 2. The normalized spacial score (nSPS) is 13.9. The van der Waals surface area contributed by atoms with Gasteiger partial charge in [0.25, 0.3) is 11.5 Å². The maximum Gasteiger partial charge on any atom is 0.329 e. The van der Waals surface area contributed by atoms with Crippen molar-refractivity contribution < 1.29 is 14.0 Å². The number of fused-ring (bicyclic) bond motifs is 1. The number of carbonyl (C=O) groups excluding carboxylic acids is 2. The molecule has 4 rings (SSSR count). The highest BCUT2D eigenvalue weighted by Gasteiger charge is 2.28. The lowest BCUT2D eigenvalue weighted by Crippen LogP contribution is -2.52. The number of amides is 2. The number of nitrogens with zero attached hydrogens (tertiary/aromatic N) is 3. The van der Waals surface area contributed by atoms with Crippen LogP contribution in [0.5, 0.6) is 0 Å². The van der Waals surface area contributed by atoms with Gasteiger partial charge in [-0.05, 0) is 43.7 Å². The van der Waals surface area contributed by atoms with Gasteiger partial charge in [0.2, 0.25) is 5.91 Å². The molecule has 0 unspecified atom stereocenters. The van der Waals surface area contributed by atoms with E-state index in [0.717, 1.165) is 5.57 Å². The van der Waals surface area contributed by atoms with E-state index in [-0.39, 0.29) is 24.6 Å². The number of H-pyrrole nitrogens is 1. The number of piperazine rings is 1. The van der Waals surface area contributed by atoms with E-state index in [1.807, 2.05) is 19.9 Å². The summed E-state index contributed by atoms with van der Waals surface area (Å²) in [6.07, 6.45) is 1.95. The molecular formula is C25H25FN4O4. The highest BCUT2D eigenvalue weighted by Crippen LogP contribution is 2.17. The lowest BCUT2D eigenvalue weighted by atomic mass is 10.1. The van der Waals surface area contributed by atoms with Gasteiger partial charge >= 0.3 is 5.69 Å². The van der Waals surface area contributed by atoms with Crippen LogP contribution in [-0.2, 0) is 11.3 Å². The first kappa shape index (κ1) is 23.2. The summed E-state index contributed by atoms with van der Waals surface area (Å²) in [6.45, 7) is 4.96. The Morgan fingerprint density at radius 2 is 1.85 bits per heavy atom. The van der Waals surface area contributed by atoms with E-state index >= 15 is 0 Å². The molecule has 0 bridgehead atoms. The summed E-state index contributed by atoms with van der Waals surface area (Å²) in [5.41, 5.74) is 0.799. The monoisotopic (exact) mass is 464 g/mol. The van der Waals surface area contributed by atoms with Crippen molar-refractivity contribution in [2.75, 3.05) is 26.2 Å². The average molecular weight is 464 g/mol. The van der Waals surface area contributed by atoms with Gasteiger partial charge in [-0.2, -0.15) is 0 Å². The summed E-state index contributed by atoms with van der Waals surface area (Å²) >= 11 is 0. The summed E-state index contributed by atoms with van der Waals surface area (Å²) in [7, 11) is 0. The first-order chi connectivity index (χ1) is 16.2. The number of carbonyl (C=O) groups is 2. The van der Waals surface area contributed by atoms with Gasteiger partial charge in [0.15, 0.2) is 0 Å². The molecular weight excluding hydrogens is 439 g/mol. The van der Waals surface area contributed by atoms with Crippen LogP contribution in [0.25, 0.3) is 10.9 Å². The molecule has 1 saturated heterocycles. The largest absolute Gasteiger partial charge is 0.336 e. The van der Waals surface area contributed by atoms with E-state index in [9.17, 15) is 23.6 Å². The quantitative estimate of drug-likeness (QED) is 0.585. The van der Waals surface area contributed by atoms with E-state index in [1.54, 1.807) is 29.2 Å². The fraction of sp³-hybridized carbons (Fsp3) is 0.280. The van der Waals surface area contributed by atoms with Gasteiger partial charge in [-0.1, -0.05) is 29.8 Å². The number of aromatic amines is 1. The van der Waals surface area contributed by atoms with Gasteiger partial charge in [0, 0.05) is 19.6 Å². The van der Waals surface area contributed by atoms with E-state index in [0.29, 0.717) is 36.1 Å². The Bertz CT molecular complexity index is 1420. The molecule has 2 amide bonds. The number of hydrogen-bond donors (Lipinski definition) is 1. The van der Waals surface area contributed by atoms with Crippen LogP contribution >= 0.6 is 0 Å². The van der Waals surface area contributed by atoms with Crippen LogP contribution in [0, 0.1) is 5.82 Å². The van der Waals surface area contributed by atoms with Crippen LogP contribution in [0.4, 0.5) is 4.39 Å². The highest BCUT2D eigenvalue weighted by molar-refractivity contribution is 5.97. The molecule has 0 saturated carbocycles. The van der Waals surface area contributed by atoms with Gasteiger partial charge in [-0.15, -0.1) is 0 Å². The molecule has 176 valence electrons. The van der Waals surface area contributed by atoms with Gasteiger partial charge in [0.05, 0.1) is 23.0 Å². The molecule has 1 aromatic heterocycles. The van der Waals surface area contributed by atoms with Crippen LogP contribution < -0.4 is 11.2 Å². The molecule has 2 aromatic carbocycles. The molecule has 1 aliphatic heterocycles. The molecule has 1 fully saturated rings. The minimum absolute atomic E-state index is 0.0338. The molecule has 1 N–H and O–H groups in total. The summed E-state index contributed by atoms with van der Waals surface area (Å²) < 4.78 is 16.0. The third-order valence-corrected chi connectivity index (χ3v) is 5.83. The minimum atomic E-state index is -0.702. The summed E-state index contributed by atoms with van der Waals surface area (Å²) in [5, 5.41) is 0.352. The third-order valence-electron chi connectivity index (χ3n) is 5.83. The van der Waals surface area contributed by atoms with Crippen molar-refractivity contribution in [2.24, 2.45) is 0 Å². The maximum atomic E-state index is 14.6. The smallest absolute Gasteiger partial charge is 0.329 e. The number of allylic oxidation sites excluding steroid dienone is 1. The van der Waals surface area contributed by atoms with Gasteiger partial charge in [0.1, 0.15) is 12.4 Å². The summed E-state index contributed by atoms with van der Waals surface area (Å²) in [5.74, 6) is -1.47. The van der Waals surface area contributed by atoms with Crippen LogP contribution in [0.1, 0.15) is 29.8 Å². The number of benzene rings is 2. The van der Waals surface area contributed by atoms with Crippen LogP contribution in [-0.4, -0.2) is 57.3 Å². The molecule has 2 heterocycles. The number of hydrogen-bond acceptors (Lipinski definition) is 4. The van der Waals surface area contributed by atoms with Crippen molar-refractivity contribution in [3.8, 4) is 0 Å². The van der Waals surface area contributed by atoms with E-state index in [1.165, 1.54) is 27.7 Å². The van der Waals surface area contributed by atoms with E-state index < -0.39 is 23.0 Å². The zero-order valence-electron chi connectivity index (χ0n) is 19.0. The van der Waals surface area contributed by atoms with Crippen molar-refractivity contribution in [3.63, 3.8) is 0 Å². The SMILES string of the molecule is CC(C)=CCN1CCN(C(=O)c2cc(Cn3c(=O)[nH]c(=O)c4ccccc43)ccc2F)CC1=O. The Morgan fingerprint density at radius 1 is 1.09 bits per heavy atom. The molecule has 0 spiro atoms. The summed E-state index contributed by atoms with van der Waals surface area (Å²) in [4.78, 5) is 55.4. The van der Waals surface area contributed by atoms with Gasteiger partial charge < -0.3 is 9.80 Å². The Balaban J connectivity index is 1.58. The fourth-order valence-electron chi connectivity index (χ4n) is 3.95. The number of rotatable bonds is 5. The predicted molar refractivity (Wildman–Crippen MR) is 126 cm³/mol. The van der Waals surface area contributed by atoms with Gasteiger partial charge in [-0.3, -0.25) is 23.9 Å². The lowest BCUT2D eigenvalue weighted by molar-refractivity contribution is -0.134. The van der Waals surface area contributed by atoms with Crippen molar-refractivity contribution >= 4 is 22.7 Å². The van der Waals surface area contributed by atoms with Crippen molar-refractivity contribution in [2.45, 2.75) is 20.4 Å². The molecule has 3 aromatic rings. The molecule has 8 nitrogen and oxygen atoms in total.